The van der Waals surface area contributed by atoms with E-state index in [0.717, 1.165) is 43.2 Å². The van der Waals surface area contributed by atoms with Crippen molar-refractivity contribution in [2.75, 3.05) is 31.6 Å². The van der Waals surface area contributed by atoms with Crippen LogP contribution in [0.15, 0.2) is 54.7 Å². The number of nitrogens with one attached hydrogen (secondary N) is 2. The number of carbonyl (C=O) groups excluding carboxylic acids is 1. The molecular weight excluding hydrogens is 415 g/mol. The Balaban J connectivity index is 0.00000210. The fourth-order valence-electron chi connectivity index (χ4n) is 2.97. The minimum Gasteiger partial charge on any atom is -0.492 e. The predicted octanol–water partition coefficient (Wildman–Crippen LogP) is 3.01. The molecule has 1 fully saturated rings. The summed E-state index contributed by atoms with van der Waals surface area (Å²) < 4.78 is 5.76. The van der Waals surface area contributed by atoms with E-state index in [-0.39, 0.29) is 24.8 Å². The molecule has 3 rings (SSSR count). The van der Waals surface area contributed by atoms with Crippen molar-refractivity contribution in [1.82, 2.24) is 15.4 Å². The highest BCUT2D eigenvalue weighted by Crippen LogP contribution is 2.15. The van der Waals surface area contributed by atoms with Gasteiger partial charge in [0, 0.05) is 37.9 Å². The number of pyridine rings is 1. The molecule has 0 radical (unpaired) electrons. The molecule has 0 saturated carbocycles. The molecule has 1 atom stereocenters. The molecule has 2 heterocycles. The third-order valence-electron chi connectivity index (χ3n) is 4.37. The lowest BCUT2D eigenvalue weighted by Gasteiger charge is -2.17. The predicted molar refractivity (Wildman–Crippen MR) is 118 cm³/mol. The van der Waals surface area contributed by atoms with Crippen molar-refractivity contribution in [3.05, 3.63) is 60.3 Å². The zero-order chi connectivity index (χ0) is 18.9. The molecule has 1 saturated heterocycles. The third-order valence-corrected chi connectivity index (χ3v) is 4.37. The quantitative estimate of drug-likeness (QED) is 0.332. The van der Waals surface area contributed by atoms with E-state index in [1.807, 2.05) is 42.5 Å². The van der Waals surface area contributed by atoms with Gasteiger partial charge in [-0.3, -0.25) is 14.9 Å². The summed E-state index contributed by atoms with van der Waals surface area (Å²) in [7, 11) is 0. The number of hydroxylamine groups is 1. The average Bonchev–Trinajstić information content (AvgIpc) is 3.15. The molecule has 1 aliphatic rings. The van der Waals surface area contributed by atoms with Crippen LogP contribution in [-0.2, 0) is 4.79 Å². The van der Waals surface area contributed by atoms with Crippen LogP contribution in [-0.4, -0.2) is 53.3 Å². The van der Waals surface area contributed by atoms with Crippen LogP contribution in [0.1, 0.15) is 12.0 Å². The van der Waals surface area contributed by atoms with Gasteiger partial charge in [-0.25, -0.2) is 10.5 Å². The smallest absolute Gasteiger partial charge is 0.267 e. The fourth-order valence-corrected chi connectivity index (χ4v) is 2.97. The number of rotatable bonds is 8. The first-order valence-corrected chi connectivity index (χ1v) is 8.98. The van der Waals surface area contributed by atoms with Crippen LogP contribution in [0, 0.1) is 0 Å². The van der Waals surface area contributed by atoms with Crippen molar-refractivity contribution in [1.29, 1.82) is 0 Å². The average molecular weight is 441 g/mol. The number of ether oxygens (including phenoxy) is 1. The maximum absolute atomic E-state index is 11.0. The Morgan fingerprint density at radius 2 is 2.03 bits per heavy atom. The molecule has 9 heteroatoms. The lowest BCUT2D eigenvalue weighted by Crippen LogP contribution is -2.29. The van der Waals surface area contributed by atoms with E-state index in [2.05, 4.69) is 15.2 Å². The number of aromatic nitrogens is 1. The van der Waals surface area contributed by atoms with E-state index in [4.69, 9.17) is 9.94 Å². The maximum atomic E-state index is 11.0. The van der Waals surface area contributed by atoms with E-state index >= 15 is 0 Å². The lowest BCUT2D eigenvalue weighted by molar-refractivity contribution is -0.124. The van der Waals surface area contributed by atoms with Gasteiger partial charge in [0.2, 0.25) is 0 Å². The number of hydrogen-bond acceptors (Lipinski definition) is 6. The Labute approximate surface area is 182 Å². The minimum absolute atomic E-state index is 0. The molecule has 29 heavy (non-hydrogen) atoms. The Hall–Kier alpha value is -2.32. The van der Waals surface area contributed by atoms with Gasteiger partial charge in [-0.1, -0.05) is 18.2 Å². The largest absolute Gasteiger partial charge is 0.492 e. The van der Waals surface area contributed by atoms with Crippen LogP contribution in [0.25, 0.3) is 6.08 Å². The number of likely N-dealkylation sites (tertiary alicyclic amines) is 1. The molecule has 0 unspecified atom stereocenters. The van der Waals surface area contributed by atoms with Crippen LogP contribution in [0.2, 0.25) is 0 Å². The number of halogens is 2. The molecular formula is C20H26Cl2N4O3. The van der Waals surface area contributed by atoms with Gasteiger partial charge < -0.3 is 10.1 Å². The topological polar surface area (TPSA) is 86.7 Å². The van der Waals surface area contributed by atoms with Gasteiger partial charge in [-0.2, -0.15) is 0 Å². The Morgan fingerprint density at radius 1 is 1.24 bits per heavy atom. The summed E-state index contributed by atoms with van der Waals surface area (Å²) in [4.78, 5) is 17.7. The van der Waals surface area contributed by atoms with Crippen LogP contribution in [0.5, 0.6) is 5.75 Å². The fraction of sp³-hybridized carbons (Fsp3) is 0.300. The highest BCUT2D eigenvalue weighted by Gasteiger charge is 2.22. The first kappa shape index (κ1) is 24.7. The number of amides is 1. The molecule has 3 N–H and O–H groups in total. The summed E-state index contributed by atoms with van der Waals surface area (Å²) in [6, 6.07) is 14.0. The summed E-state index contributed by atoms with van der Waals surface area (Å²) in [5, 5.41) is 11.9. The number of carbonyl (C=O) groups is 1. The van der Waals surface area contributed by atoms with Crippen molar-refractivity contribution in [3.63, 3.8) is 0 Å². The Kier molecular flexibility index (Phi) is 11.1. The van der Waals surface area contributed by atoms with Crippen molar-refractivity contribution in [3.8, 4) is 5.75 Å². The van der Waals surface area contributed by atoms with Gasteiger partial charge in [0.15, 0.2) is 0 Å². The van der Waals surface area contributed by atoms with Gasteiger partial charge in [0.1, 0.15) is 18.2 Å². The first-order valence-electron chi connectivity index (χ1n) is 8.98. The normalized spacial score (nSPS) is 16.0. The second-order valence-electron chi connectivity index (χ2n) is 6.38. The molecule has 0 aliphatic carbocycles. The van der Waals surface area contributed by atoms with E-state index in [1.165, 1.54) is 6.08 Å². The van der Waals surface area contributed by atoms with E-state index in [1.54, 1.807) is 17.8 Å². The number of anilines is 1. The molecule has 1 amide bonds. The van der Waals surface area contributed by atoms with Gasteiger partial charge in [-0.05, 0) is 42.3 Å². The summed E-state index contributed by atoms with van der Waals surface area (Å²) in [6.07, 6.45) is 5.58. The molecule has 1 aromatic heterocycles. The highest BCUT2D eigenvalue weighted by atomic mass is 35.5. The monoisotopic (exact) mass is 440 g/mol. The van der Waals surface area contributed by atoms with Gasteiger partial charge in [0.25, 0.3) is 5.91 Å². The van der Waals surface area contributed by atoms with Crippen molar-refractivity contribution in [2.24, 2.45) is 0 Å². The summed E-state index contributed by atoms with van der Waals surface area (Å²) in [5.41, 5.74) is 2.34. The number of benzene rings is 1. The number of hydrogen-bond donors (Lipinski definition) is 3. The third kappa shape index (κ3) is 8.29. The molecule has 158 valence electrons. The summed E-state index contributed by atoms with van der Waals surface area (Å²) in [6.45, 7) is 3.57. The van der Waals surface area contributed by atoms with Crippen LogP contribution in [0.4, 0.5) is 5.82 Å². The first-order chi connectivity index (χ1) is 13.2. The maximum Gasteiger partial charge on any atom is 0.267 e. The zero-order valence-electron chi connectivity index (χ0n) is 15.9. The summed E-state index contributed by atoms with van der Waals surface area (Å²) in [5.74, 6) is 1.15. The van der Waals surface area contributed by atoms with Gasteiger partial charge in [-0.15, -0.1) is 24.8 Å². The molecule has 1 aromatic carbocycles. The van der Waals surface area contributed by atoms with Crippen LogP contribution >= 0.6 is 24.8 Å². The van der Waals surface area contributed by atoms with Gasteiger partial charge >= 0.3 is 0 Å². The van der Waals surface area contributed by atoms with Crippen LogP contribution in [0.3, 0.4) is 0 Å². The minimum atomic E-state index is -0.570. The van der Waals surface area contributed by atoms with Gasteiger partial charge in [0.05, 0.1) is 0 Å². The zero-order valence-corrected chi connectivity index (χ0v) is 17.5. The Morgan fingerprint density at radius 3 is 2.72 bits per heavy atom. The second kappa shape index (κ2) is 13.0. The highest BCUT2D eigenvalue weighted by molar-refractivity contribution is 5.90. The molecule has 2 aromatic rings. The Bertz CT molecular complexity index is 760. The SMILES string of the molecule is Cl.Cl.O=C(/C=C/c1ccc(N[C@@H]2CCN(CCOc3ccccc3)C2)nc1)NO. The van der Waals surface area contributed by atoms with Crippen LogP contribution < -0.4 is 15.5 Å². The molecule has 0 spiro atoms. The standard InChI is InChI=1S/C20H24N4O3.2ClH/c25-20(23-26)9-7-16-6-8-19(21-14-16)22-17-10-11-24(15-17)12-13-27-18-4-2-1-3-5-18;;/h1-9,14,17,26H,10-13,15H2,(H,21,22)(H,23,25);2*1H/b9-7+;;/t17-;;/m1../s1. The number of nitrogens with zero attached hydrogens (tertiary/aromatic N) is 2. The number of para-hydroxylation sites is 1. The van der Waals surface area contributed by atoms with Crippen molar-refractivity contribution in [2.45, 2.75) is 12.5 Å². The lowest BCUT2D eigenvalue weighted by atomic mass is 10.2. The second-order valence-corrected chi connectivity index (χ2v) is 6.38. The summed E-state index contributed by atoms with van der Waals surface area (Å²) >= 11 is 0. The van der Waals surface area contributed by atoms with E-state index in [0.29, 0.717) is 12.6 Å². The molecule has 1 aliphatic heterocycles. The van der Waals surface area contributed by atoms with Crippen molar-refractivity contribution < 1.29 is 14.7 Å². The molecule has 0 bridgehead atoms. The molecule has 7 nitrogen and oxygen atoms in total. The van der Waals surface area contributed by atoms with Crippen molar-refractivity contribution >= 4 is 42.6 Å². The van der Waals surface area contributed by atoms with E-state index < -0.39 is 5.91 Å². The van der Waals surface area contributed by atoms with E-state index in [9.17, 15) is 4.79 Å².